The number of aromatic nitrogens is 1. The topological polar surface area (TPSA) is 53.4 Å². The molecule has 4 nitrogen and oxygen atoms in total. The maximum absolute atomic E-state index is 11.1. The minimum atomic E-state index is -0.885. The van der Waals surface area contributed by atoms with Crippen LogP contribution in [0.3, 0.4) is 0 Å². The Kier molecular flexibility index (Phi) is 3.84. The Balaban J connectivity index is 2.24. The number of hydrogen-bond donors (Lipinski definition) is 1. The first kappa shape index (κ1) is 12.9. The van der Waals surface area contributed by atoms with Gasteiger partial charge in [0.1, 0.15) is 5.82 Å². The van der Waals surface area contributed by atoms with Crippen LogP contribution in [0.1, 0.15) is 42.2 Å². The van der Waals surface area contributed by atoms with Gasteiger partial charge in [-0.2, -0.15) is 0 Å². The Morgan fingerprint density at radius 3 is 2.78 bits per heavy atom. The molecule has 0 spiro atoms. The van der Waals surface area contributed by atoms with E-state index < -0.39 is 5.97 Å². The molecule has 1 fully saturated rings. The Hall–Kier alpha value is -1.58. The number of carbonyl (C=O) groups is 1. The molecule has 18 heavy (non-hydrogen) atoms. The lowest BCUT2D eigenvalue weighted by atomic mass is 10.2. The lowest BCUT2D eigenvalue weighted by molar-refractivity contribution is 0.0696. The summed E-state index contributed by atoms with van der Waals surface area (Å²) in [6.07, 6.45) is 3.63. The predicted molar refractivity (Wildman–Crippen MR) is 71.2 cm³/mol. The molecule has 0 unspecified atom stereocenters. The number of aryl methyl sites for hydroxylation is 1. The molecule has 0 aromatic carbocycles. The van der Waals surface area contributed by atoms with Crippen molar-refractivity contribution in [2.45, 2.75) is 33.1 Å². The number of hydrogen-bond acceptors (Lipinski definition) is 3. The molecule has 1 aliphatic carbocycles. The Morgan fingerprint density at radius 2 is 2.22 bits per heavy atom. The van der Waals surface area contributed by atoms with Crippen molar-refractivity contribution >= 4 is 11.8 Å². The summed E-state index contributed by atoms with van der Waals surface area (Å²) in [5.41, 5.74) is 1.09. The predicted octanol–water partition coefficient (Wildman–Crippen LogP) is 2.71. The molecule has 1 heterocycles. The fourth-order valence-electron chi connectivity index (χ4n) is 2.12. The normalized spacial score (nSPS) is 14.6. The number of carboxylic acid groups (broad SMARTS) is 1. The van der Waals surface area contributed by atoms with Crippen molar-refractivity contribution in [1.82, 2.24) is 4.98 Å². The van der Waals surface area contributed by atoms with Crippen LogP contribution in [0.2, 0.25) is 0 Å². The lowest BCUT2D eigenvalue weighted by Crippen LogP contribution is -2.27. The van der Waals surface area contributed by atoms with Gasteiger partial charge in [-0.1, -0.05) is 6.92 Å². The van der Waals surface area contributed by atoms with E-state index in [4.69, 9.17) is 5.11 Å². The lowest BCUT2D eigenvalue weighted by Gasteiger charge is -2.23. The van der Waals surface area contributed by atoms with E-state index in [2.05, 4.69) is 16.8 Å². The second-order valence-electron chi connectivity index (χ2n) is 5.05. The molecule has 4 heteroatoms. The van der Waals surface area contributed by atoms with Gasteiger partial charge in [0.25, 0.3) is 0 Å². The van der Waals surface area contributed by atoms with Crippen LogP contribution >= 0.6 is 0 Å². The quantitative estimate of drug-likeness (QED) is 0.841. The van der Waals surface area contributed by atoms with Gasteiger partial charge in [0, 0.05) is 18.8 Å². The second kappa shape index (κ2) is 5.38. The van der Waals surface area contributed by atoms with Gasteiger partial charge in [-0.3, -0.25) is 0 Å². The Morgan fingerprint density at radius 1 is 1.50 bits per heavy atom. The highest BCUT2D eigenvalue weighted by Gasteiger charge is 2.25. The van der Waals surface area contributed by atoms with Crippen LogP contribution < -0.4 is 4.90 Å². The molecule has 0 amide bonds. The first-order chi connectivity index (χ1) is 8.60. The molecule has 98 valence electrons. The average molecular weight is 248 g/mol. The highest BCUT2D eigenvalue weighted by Crippen LogP contribution is 2.31. The summed E-state index contributed by atoms with van der Waals surface area (Å²) < 4.78 is 0. The third-order valence-electron chi connectivity index (χ3n) is 3.18. The summed E-state index contributed by atoms with van der Waals surface area (Å²) in [5, 5.41) is 9.09. The van der Waals surface area contributed by atoms with Gasteiger partial charge < -0.3 is 10.0 Å². The minimum Gasteiger partial charge on any atom is -0.478 e. The Labute approximate surface area is 108 Å². The molecule has 1 aromatic heterocycles. The molecule has 1 N–H and O–H groups in total. The van der Waals surface area contributed by atoms with Gasteiger partial charge in [0.05, 0.1) is 5.56 Å². The van der Waals surface area contributed by atoms with Crippen LogP contribution in [-0.4, -0.2) is 29.1 Å². The van der Waals surface area contributed by atoms with Crippen molar-refractivity contribution in [2.75, 3.05) is 18.0 Å². The Bertz CT molecular complexity index is 441. The molecule has 0 saturated heterocycles. The molecule has 1 saturated carbocycles. The van der Waals surface area contributed by atoms with Crippen molar-refractivity contribution in [2.24, 2.45) is 5.92 Å². The van der Waals surface area contributed by atoms with Crippen molar-refractivity contribution < 1.29 is 9.90 Å². The average Bonchev–Trinajstić information content (AvgIpc) is 3.11. The summed E-state index contributed by atoms with van der Waals surface area (Å²) in [5.74, 6) is 0.693. The summed E-state index contributed by atoms with van der Waals surface area (Å²) in [4.78, 5) is 17.8. The molecule has 2 rings (SSSR count). The van der Waals surface area contributed by atoms with E-state index in [1.807, 2.05) is 6.92 Å². The SMILES string of the molecule is CCCN(CC1CC1)c1cc(C(=O)O)cc(C)n1. The van der Waals surface area contributed by atoms with Gasteiger partial charge in [0.2, 0.25) is 0 Å². The van der Waals surface area contributed by atoms with Crippen molar-refractivity contribution in [1.29, 1.82) is 0 Å². The van der Waals surface area contributed by atoms with Crippen molar-refractivity contribution in [3.63, 3.8) is 0 Å². The second-order valence-corrected chi connectivity index (χ2v) is 5.05. The van der Waals surface area contributed by atoms with Gasteiger partial charge in [0.15, 0.2) is 0 Å². The van der Waals surface area contributed by atoms with E-state index in [9.17, 15) is 4.79 Å². The summed E-state index contributed by atoms with van der Waals surface area (Å²) in [6, 6.07) is 3.31. The summed E-state index contributed by atoms with van der Waals surface area (Å²) >= 11 is 0. The maximum atomic E-state index is 11.1. The van der Waals surface area contributed by atoms with Crippen LogP contribution in [-0.2, 0) is 0 Å². The van der Waals surface area contributed by atoms with Crippen LogP contribution in [0.4, 0.5) is 5.82 Å². The molecular weight excluding hydrogens is 228 g/mol. The monoisotopic (exact) mass is 248 g/mol. The van der Waals surface area contributed by atoms with E-state index >= 15 is 0 Å². The number of nitrogens with zero attached hydrogens (tertiary/aromatic N) is 2. The minimum absolute atomic E-state index is 0.328. The van der Waals surface area contributed by atoms with Gasteiger partial charge in [-0.25, -0.2) is 9.78 Å². The number of pyridine rings is 1. The molecule has 0 bridgehead atoms. The van der Waals surface area contributed by atoms with Crippen LogP contribution in [0.25, 0.3) is 0 Å². The van der Waals surface area contributed by atoms with Gasteiger partial charge >= 0.3 is 5.97 Å². The fraction of sp³-hybridized carbons (Fsp3) is 0.571. The number of carboxylic acids is 1. The van der Waals surface area contributed by atoms with Crippen molar-refractivity contribution in [3.8, 4) is 0 Å². The van der Waals surface area contributed by atoms with E-state index in [0.29, 0.717) is 5.56 Å². The van der Waals surface area contributed by atoms with Crippen LogP contribution in [0.15, 0.2) is 12.1 Å². The maximum Gasteiger partial charge on any atom is 0.335 e. The number of anilines is 1. The largest absolute Gasteiger partial charge is 0.478 e. The zero-order valence-corrected chi connectivity index (χ0v) is 11.0. The molecule has 1 aliphatic rings. The van der Waals surface area contributed by atoms with Gasteiger partial charge in [-0.15, -0.1) is 0 Å². The van der Waals surface area contributed by atoms with Crippen molar-refractivity contribution in [3.05, 3.63) is 23.4 Å². The summed E-state index contributed by atoms with van der Waals surface area (Å²) in [7, 11) is 0. The number of rotatable bonds is 6. The van der Waals surface area contributed by atoms with Gasteiger partial charge in [-0.05, 0) is 44.2 Å². The van der Waals surface area contributed by atoms with E-state index in [1.165, 1.54) is 12.8 Å². The molecule has 0 atom stereocenters. The highest BCUT2D eigenvalue weighted by atomic mass is 16.4. The molecule has 1 aromatic rings. The molecular formula is C14H20N2O2. The smallest absolute Gasteiger partial charge is 0.335 e. The number of aromatic carboxylic acids is 1. The van der Waals surface area contributed by atoms with E-state index in [0.717, 1.165) is 36.9 Å². The third kappa shape index (κ3) is 3.22. The third-order valence-corrected chi connectivity index (χ3v) is 3.18. The molecule has 0 aliphatic heterocycles. The van der Waals surface area contributed by atoms with E-state index in [1.54, 1.807) is 12.1 Å². The molecule has 0 radical (unpaired) electrons. The zero-order valence-electron chi connectivity index (χ0n) is 11.0. The van der Waals surface area contributed by atoms with Crippen LogP contribution in [0, 0.1) is 12.8 Å². The first-order valence-corrected chi connectivity index (χ1v) is 6.57. The highest BCUT2D eigenvalue weighted by molar-refractivity contribution is 5.88. The zero-order chi connectivity index (χ0) is 13.1. The standard InChI is InChI=1S/C14H20N2O2/c1-3-6-16(9-11-4-5-11)13-8-12(14(17)18)7-10(2)15-13/h7-8,11H,3-6,9H2,1-2H3,(H,17,18). The van der Waals surface area contributed by atoms with E-state index in [-0.39, 0.29) is 0 Å². The summed E-state index contributed by atoms with van der Waals surface area (Å²) in [6.45, 7) is 5.92. The fourth-order valence-corrected chi connectivity index (χ4v) is 2.12. The van der Waals surface area contributed by atoms with Crippen LogP contribution in [0.5, 0.6) is 0 Å². The first-order valence-electron chi connectivity index (χ1n) is 6.57.